The number of pyridine rings is 3. The number of nitrogens with zero attached hydrogens (tertiary/aromatic N) is 8. The van der Waals surface area contributed by atoms with Crippen molar-refractivity contribution in [2.75, 3.05) is 4.90 Å². The molecule has 334 valence electrons. The minimum absolute atomic E-state index is 0.503. The molecule has 0 aliphatic rings. The number of fused-ring (bicyclic) bond motifs is 4. The fourth-order valence-electron chi connectivity index (χ4n) is 9.36. The Kier molecular flexibility index (Phi) is 10.3. The molecule has 6 aromatic heterocycles. The molecule has 0 amide bonds. The van der Waals surface area contributed by atoms with Gasteiger partial charge in [-0.05, 0) is 103 Å². The highest BCUT2D eigenvalue weighted by Gasteiger charge is 2.22. The second kappa shape index (κ2) is 17.7. The van der Waals surface area contributed by atoms with Crippen molar-refractivity contribution in [3.05, 3.63) is 243 Å². The summed E-state index contributed by atoms with van der Waals surface area (Å²) >= 11 is 0. The highest BCUT2D eigenvalue weighted by molar-refractivity contribution is 6.11. The molecule has 13 aromatic rings. The largest absolute Gasteiger partial charge is 0.456 e. The van der Waals surface area contributed by atoms with Crippen molar-refractivity contribution >= 4 is 49.9 Å². The second-order valence-corrected chi connectivity index (χ2v) is 17.2. The predicted molar refractivity (Wildman–Crippen MR) is 285 cm³/mol. The number of furan rings is 1. The summed E-state index contributed by atoms with van der Waals surface area (Å²) in [5.74, 6) is 3.14. The number of anilines is 3. The van der Waals surface area contributed by atoms with Crippen LogP contribution in [0.15, 0.2) is 247 Å². The normalized spacial score (nSPS) is 11.4. The van der Waals surface area contributed by atoms with E-state index in [1.165, 1.54) is 0 Å². The topological polar surface area (TPSA) is 98.7 Å². The zero-order valence-corrected chi connectivity index (χ0v) is 38.1. The van der Waals surface area contributed by atoms with Crippen LogP contribution in [0.4, 0.5) is 17.1 Å². The average Bonchev–Trinajstić information content (AvgIpc) is 4.07. The molecule has 6 heterocycles. The van der Waals surface area contributed by atoms with Crippen LogP contribution in [0.1, 0.15) is 0 Å². The van der Waals surface area contributed by atoms with Crippen LogP contribution >= 0.6 is 0 Å². The lowest BCUT2D eigenvalue weighted by molar-refractivity contribution is 0.597. The minimum atomic E-state index is 0.503. The zero-order valence-electron chi connectivity index (χ0n) is 38.1. The predicted octanol–water partition coefficient (Wildman–Crippen LogP) is 15.4. The van der Waals surface area contributed by atoms with E-state index in [4.69, 9.17) is 24.4 Å². The van der Waals surface area contributed by atoms with Crippen molar-refractivity contribution in [1.29, 1.82) is 0 Å². The van der Waals surface area contributed by atoms with Gasteiger partial charge < -0.3 is 9.32 Å². The van der Waals surface area contributed by atoms with Gasteiger partial charge in [-0.15, -0.1) is 0 Å². The van der Waals surface area contributed by atoms with Gasteiger partial charge in [0.15, 0.2) is 11.6 Å². The molecule has 9 nitrogen and oxygen atoms in total. The molecular formula is C62H40N8O. The van der Waals surface area contributed by atoms with Crippen molar-refractivity contribution < 1.29 is 4.42 Å². The smallest absolute Gasteiger partial charge is 0.238 e. The van der Waals surface area contributed by atoms with E-state index in [1.54, 1.807) is 0 Å². The van der Waals surface area contributed by atoms with Crippen LogP contribution in [0.5, 0.6) is 0 Å². The van der Waals surface area contributed by atoms with Crippen LogP contribution in [-0.2, 0) is 0 Å². The Morgan fingerprint density at radius 3 is 1.48 bits per heavy atom. The van der Waals surface area contributed by atoms with Gasteiger partial charge in [-0.1, -0.05) is 127 Å². The third-order valence-corrected chi connectivity index (χ3v) is 12.7. The standard InChI is InChI=1S/C62H40N8O/c1-3-16-41(17-4-1)60-66-61(42-18-5-2-6-19-42)68-62(67-60)70-55-31-30-47(39-51(55)59-56(70)40-45-20-7-8-29-54(45)65-59)58-33-32-57(71-58)46-23-15-26-50(38-46)69(48-24-13-21-43(36-48)52-27-9-11-34-63-52)49-25-14-22-44(37-49)53-28-10-12-35-64-53/h1-40H. The first kappa shape index (κ1) is 41.3. The summed E-state index contributed by atoms with van der Waals surface area (Å²) in [4.78, 5) is 32.2. The van der Waals surface area contributed by atoms with Crippen molar-refractivity contribution in [2.45, 2.75) is 0 Å². The number of benzene rings is 7. The number of hydrogen-bond donors (Lipinski definition) is 0. The maximum atomic E-state index is 6.81. The van der Waals surface area contributed by atoms with Crippen molar-refractivity contribution in [1.82, 2.24) is 34.5 Å². The van der Waals surface area contributed by atoms with Gasteiger partial charge in [0, 0.05) is 73.6 Å². The van der Waals surface area contributed by atoms with Gasteiger partial charge in [0.1, 0.15) is 11.5 Å². The molecule has 0 saturated heterocycles. The molecular weight excluding hydrogens is 873 g/mol. The summed E-state index contributed by atoms with van der Waals surface area (Å²) in [6.45, 7) is 0. The van der Waals surface area contributed by atoms with Crippen LogP contribution in [0.2, 0.25) is 0 Å². The summed E-state index contributed by atoms with van der Waals surface area (Å²) in [6.07, 6.45) is 3.65. The molecule has 7 aromatic carbocycles. The maximum Gasteiger partial charge on any atom is 0.238 e. The third-order valence-electron chi connectivity index (χ3n) is 12.7. The van der Waals surface area contributed by atoms with E-state index in [0.29, 0.717) is 17.6 Å². The summed E-state index contributed by atoms with van der Waals surface area (Å²) in [5, 5.41) is 1.96. The molecule has 0 fully saturated rings. The molecule has 0 aliphatic heterocycles. The van der Waals surface area contributed by atoms with E-state index in [9.17, 15) is 0 Å². The zero-order chi connectivity index (χ0) is 47.1. The number of aromatic nitrogens is 7. The molecule has 0 N–H and O–H groups in total. The Labute approximate surface area is 408 Å². The molecule has 0 radical (unpaired) electrons. The maximum absolute atomic E-state index is 6.81. The van der Waals surface area contributed by atoms with Gasteiger partial charge in [0.2, 0.25) is 5.95 Å². The number of para-hydroxylation sites is 1. The molecule has 13 rings (SSSR count). The lowest BCUT2D eigenvalue weighted by atomic mass is 10.1. The van der Waals surface area contributed by atoms with Gasteiger partial charge in [-0.25, -0.2) is 9.97 Å². The molecule has 0 spiro atoms. The highest BCUT2D eigenvalue weighted by atomic mass is 16.3. The SMILES string of the molecule is c1ccc(-c2nc(-c3ccccc3)nc(-n3c4ccc(-c5ccc(-c6cccc(N(c7cccc(-c8ccccn8)c7)c7cccc(-c8ccccn8)c7)c6)o5)cc4c4nc5ccccc5cc43)n2)cc1. The fourth-order valence-corrected chi connectivity index (χ4v) is 9.36. The van der Waals surface area contributed by atoms with E-state index in [0.717, 1.165) is 106 Å². The number of rotatable bonds is 10. The van der Waals surface area contributed by atoms with E-state index in [2.05, 4.69) is 123 Å². The minimum Gasteiger partial charge on any atom is -0.456 e. The van der Waals surface area contributed by atoms with E-state index in [-0.39, 0.29) is 0 Å². The van der Waals surface area contributed by atoms with Gasteiger partial charge >= 0.3 is 0 Å². The van der Waals surface area contributed by atoms with Crippen LogP contribution in [0.25, 0.3) is 107 Å². The molecule has 0 aliphatic carbocycles. The van der Waals surface area contributed by atoms with Gasteiger partial charge in [0.25, 0.3) is 0 Å². The van der Waals surface area contributed by atoms with Crippen molar-refractivity contribution in [3.63, 3.8) is 0 Å². The van der Waals surface area contributed by atoms with E-state index < -0.39 is 0 Å². The Morgan fingerprint density at radius 2 is 0.887 bits per heavy atom. The van der Waals surface area contributed by atoms with Crippen LogP contribution in [0, 0.1) is 0 Å². The Morgan fingerprint density at radius 1 is 0.366 bits per heavy atom. The first-order chi connectivity index (χ1) is 35.2. The van der Waals surface area contributed by atoms with E-state index >= 15 is 0 Å². The first-order valence-electron chi connectivity index (χ1n) is 23.4. The highest BCUT2D eigenvalue weighted by Crippen LogP contribution is 2.41. The van der Waals surface area contributed by atoms with Gasteiger partial charge in [-0.2, -0.15) is 9.97 Å². The third kappa shape index (κ3) is 7.83. The lowest BCUT2D eigenvalue weighted by Crippen LogP contribution is -2.10. The monoisotopic (exact) mass is 912 g/mol. The van der Waals surface area contributed by atoms with Crippen LogP contribution < -0.4 is 4.90 Å². The fraction of sp³-hybridized carbons (Fsp3) is 0. The number of hydrogen-bond acceptors (Lipinski definition) is 8. The quantitative estimate of drug-likeness (QED) is 0.134. The van der Waals surface area contributed by atoms with Crippen molar-refractivity contribution in [3.8, 4) is 73.9 Å². The average molecular weight is 913 g/mol. The lowest BCUT2D eigenvalue weighted by Gasteiger charge is -2.27. The molecule has 9 heteroatoms. The summed E-state index contributed by atoms with van der Waals surface area (Å²) in [7, 11) is 0. The Hall–Kier alpha value is -9.86. The molecule has 0 atom stereocenters. The first-order valence-corrected chi connectivity index (χ1v) is 23.4. The summed E-state index contributed by atoms with van der Waals surface area (Å²) in [6, 6.07) is 78.4. The summed E-state index contributed by atoms with van der Waals surface area (Å²) in [5.41, 5.74) is 14.0. The Balaban J connectivity index is 0.919. The molecule has 71 heavy (non-hydrogen) atoms. The Bertz CT molecular complexity index is 3920. The summed E-state index contributed by atoms with van der Waals surface area (Å²) < 4.78 is 8.92. The molecule has 0 saturated carbocycles. The van der Waals surface area contributed by atoms with Crippen LogP contribution in [0.3, 0.4) is 0 Å². The van der Waals surface area contributed by atoms with E-state index in [1.807, 2.05) is 140 Å². The van der Waals surface area contributed by atoms with Gasteiger partial charge in [-0.3, -0.25) is 14.5 Å². The second-order valence-electron chi connectivity index (χ2n) is 17.2. The van der Waals surface area contributed by atoms with Crippen molar-refractivity contribution in [2.24, 2.45) is 0 Å². The van der Waals surface area contributed by atoms with Crippen LogP contribution in [-0.4, -0.2) is 34.5 Å². The molecule has 0 unspecified atom stereocenters. The van der Waals surface area contributed by atoms with Gasteiger partial charge in [0.05, 0.1) is 33.5 Å². The molecule has 0 bridgehead atoms.